The molecule has 0 aromatic heterocycles. The van der Waals surface area contributed by atoms with Gasteiger partial charge in [0.15, 0.2) is 0 Å². The van der Waals surface area contributed by atoms with Crippen LogP contribution in [0.1, 0.15) is 22.3 Å². The maximum absolute atomic E-state index is 2.19. The van der Waals surface area contributed by atoms with Crippen LogP contribution in [0.3, 0.4) is 0 Å². The van der Waals surface area contributed by atoms with Gasteiger partial charge in [-0.1, -0.05) is 121 Å². The molecule has 28 heavy (non-hydrogen) atoms. The van der Waals surface area contributed by atoms with Crippen LogP contribution >= 0.6 is 0 Å². The molecule has 0 aliphatic carbocycles. The van der Waals surface area contributed by atoms with E-state index in [4.69, 9.17) is 0 Å². The van der Waals surface area contributed by atoms with E-state index in [0.29, 0.717) is 0 Å². The number of hydrogen-bond acceptors (Lipinski definition) is 0. The predicted octanol–water partition coefficient (Wildman–Crippen LogP) is 0.702. The Labute approximate surface area is 191 Å². The van der Waals surface area contributed by atoms with E-state index in [0.717, 1.165) is 0 Å². The van der Waals surface area contributed by atoms with Crippen LogP contribution in [-0.2, 0) is 0 Å². The van der Waals surface area contributed by atoms with E-state index in [-0.39, 0.29) is 37.7 Å². The van der Waals surface area contributed by atoms with Crippen LogP contribution in [0.5, 0.6) is 0 Å². The molecular weight excluding hydrogens is 326 g/mol. The van der Waals surface area contributed by atoms with Crippen LogP contribution in [0.25, 0.3) is 11.1 Å². The Morgan fingerprint density at radius 1 is 0.286 bits per heavy atom. The first-order chi connectivity index (χ1) is 12.9. The zero-order valence-electron chi connectivity index (χ0n) is 16.5. The molecule has 0 atom stereocenters. The minimum Gasteiger partial charge on any atom is -0.0622 e. The molecule has 0 aliphatic heterocycles. The molecule has 0 bridgehead atoms. The van der Waals surface area contributed by atoms with Crippen molar-refractivity contribution in [2.75, 3.05) is 0 Å². The smallest absolute Gasteiger partial charge is 0.0622 e. The normalized spacial score (nSPS) is 9.57. The van der Waals surface area contributed by atoms with Gasteiger partial charge < -0.3 is 0 Å². The maximum Gasteiger partial charge on any atom is 1.00 e. The average molecular weight is 346 g/mol. The van der Waals surface area contributed by atoms with E-state index in [1.807, 2.05) is 0 Å². The summed E-state index contributed by atoms with van der Waals surface area (Å²) >= 11 is 0. The fourth-order valence-corrected chi connectivity index (χ4v) is 3.33. The van der Waals surface area contributed by atoms with E-state index in [9.17, 15) is 0 Å². The van der Waals surface area contributed by atoms with Crippen molar-refractivity contribution in [1.82, 2.24) is 0 Å². The van der Waals surface area contributed by atoms with Crippen LogP contribution in [0.4, 0.5) is 0 Å². The van der Waals surface area contributed by atoms with E-state index in [2.05, 4.69) is 121 Å². The Morgan fingerprint density at radius 3 is 0.643 bits per heavy atom. The average Bonchev–Trinajstić information content (AvgIpc) is 2.74. The van der Waals surface area contributed by atoms with E-state index < -0.39 is 0 Å². The Hall–Kier alpha value is -2.19. The molecule has 4 aromatic rings. The Morgan fingerprint density at radius 2 is 0.464 bits per heavy atom. The van der Waals surface area contributed by atoms with Gasteiger partial charge in [-0.25, -0.2) is 0 Å². The maximum atomic E-state index is 2.19. The van der Waals surface area contributed by atoms with Crippen LogP contribution in [0, 0.1) is 0 Å². The van der Waals surface area contributed by atoms with Gasteiger partial charge in [0.1, 0.15) is 0 Å². The zero-order valence-corrected chi connectivity index (χ0v) is 16.5. The minimum atomic E-state index is 0. The first-order valence-corrected chi connectivity index (χ1v) is 8.89. The van der Waals surface area contributed by atoms with Crippen molar-refractivity contribution in [3.05, 3.63) is 144 Å². The number of benzene rings is 4. The monoisotopic (exact) mass is 346 g/mol. The van der Waals surface area contributed by atoms with Gasteiger partial charge in [0, 0.05) is 0 Å². The van der Waals surface area contributed by atoms with Crippen molar-refractivity contribution in [1.29, 1.82) is 0 Å². The summed E-state index contributed by atoms with van der Waals surface area (Å²) < 4.78 is 0. The Bertz CT molecular complexity index is 825. The van der Waals surface area contributed by atoms with Gasteiger partial charge in [0.2, 0.25) is 0 Å². The molecule has 0 saturated heterocycles. The third-order valence-corrected chi connectivity index (χ3v) is 4.50. The van der Waals surface area contributed by atoms with Crippen molar-refractivity contribution in [2.24, 2.45) is 0 Å². The second-order valence-electron chi connectivity index (χ2n) is 6.21. The second kappa shape index (κ2) is 11.0. The van der Waals surface area contributed by atoms with Crippen molar-refractivity contribution in [3.63, 3.8) is 0 Å². The van der Waals surface area contributed by atoms with E-state index in [1.54, 1.807) is 0 Å². The first kappa shape index (κ1) is 22.1. The molecule has 0 N–H and O–H groups in total. The van der Waals surface area contributed by atoms with Crippen molar-refractivity contribution >= 4 is 11.1 Å². The van der Waals surface area contributed by atoms with Gasteiger partial charge in [-0.3, -0.25) is 0 Å². The number of rotatable bonds is 4. The summed E-state index contributed by atoms with van der Waals surface area (Å²) in [5.41, 5.74) is 7.40. The minimum absolute atomic E-state index is 0. The third kappa shape index (κ3) is 5.00. The van der Waals surface area contributed by atoms with Crippen molar-refractivity contribution in [3.8, 4) is 0 Å². The van der Waals surface area contributed by atoms with Gasteiger partial charge in [-0.05, 0) is 33.4 Å². The molecule has 2 heteroatoms. The number of hydrogen-bond donors (Lipinski definition) is 0. The topological polar surface area (TPSA) is 0 Å². The van der Waals surface area contributed by atoms with Gasteiger partial charge in [-0.2, -0.15) is 0 Å². The fourth-order valence-electron chi connectivity index (χ4n) is 3.33. The SMILES string of the molecule is [Li+].[Li+].c1ccc(C(=C(c2ccccc2)c2ccccc2)c2ccccc2)cc1. The summed E-state index contributed by atoms with van der Waals surface area (Å²) in [6.07, 6.45) is 0. The van der Waals surface area contributed by atoms with Crippen molar-refractivity contribution in [2.45, 2.75) is 0 Å². The summed E-state index contributed by atoms with van der Waals surface area (Å²) in [7, 11) is 0. The van der Waals surface area contributed by atoms with Gasteiger partial charge in [0.05, 0.1) is 0 Å². The molecule has 0 heterocycles. The molecule has 0 unspecified atom stereocenters. The summed E-state index contributed by atoms with van der Waals surface area (Å²) in [4.78, 5) is 0. The van der Waals surface area contributed by atoms with Crippen molar-refractivity contribution < 1.29 is 37.7 Å². The summed E-state index contributed by atoms with van der Waals surface area (Å²) in [5, 5.41) is 0. The van der Waals surface area contributed by atoms with Gasteiger partial charge in [-0.15, -0.1) is 0 Å². The predicted molar refractivity (Wildman–Crippen MR) is 111 cm³/mol. The van der Waals surface area contributed by atoms with Crippen LogP contribution in [0.2, 0.25) is 0 Å². The van der Waals surface area contributed by atoms with Crippen LogP contribution in [0.15, 0.2) is 121 Å². The molecule has 0 amide bonds. The zero-order chi connectivity index (χ0) is 17.6. The molecular formula is C26H20Li2+2. The summed E-state index contributed by atoms with van der Waals surface area (Å²) in [5.74, 6) is 0. The molecule has 0 saturated carbocycles. The van der Waals surface area contributed by atoms with Crippen LogP contribution < -0.4 is 37.7 Å². The largest absolute Gasteiger partial charge is 1.00 e. The molecule has 4 aromatic carbocycles. The van der Waals surface area contributed by atoms with E-state index in [1.165, 1.54) is 33.4 Å². The Balaban J connectivity index is 0.00000140. The quantitative estimate of drug-likeness (QED) is 0.377. The third-order valence-electron chi connectivity index (χ3n) is 4.50. The fraction of sp³-hybridized carbons (Fsp3) is 0. The molecule has 0 nitrogen and oxygen atoms in total. The second-order valence-corrected chi connectivity index (χ2v) is 6.21. The molecule has 0 spiro atoms. The Kier molecular flexibility index (Phi) is 8.66. The summed E-state index contributed by atoms with van der Waals surface area (Å²) in [6.45, 7) is 0. The van der Waals surface area contributed by atoms with Gasteiger partial charge in [0.25, 0.3) is 0 Å². The molecule has 0 fully saturated rings. The first-order valence-electron chi connectivity index (χ1n) is 8.89. The molecule has 0 radical (unpaired) electrons. The standard InChI is InChI=1S/C26H20.2Li/c1-5-13-21(14-6-1)25(22-15-7-2-8-16-22)26(23-17-9-3-10-18-23)24-19-11-4-12-20-24;;/h1-20H;;/q;2*+1. The van der Waals surface area contributed by atoms with E-state index >= 15 is 0 Å². The van der Waals surface area contributed by atoms with Crippen LogP contribution in [-0.4, -0.2) is 0 Å². The molecule has 0 aliphatic rings. The molecule has 124 valence electrons. The van der Waals surface area contributed by atoms with Gasteiger partial charge >= 0.3 is 37.7 Å². The molecule has 4 rings (SSSR count). The summed E-state index contributed by atoms with van der Waals surface area (Å²) in [6, 6.07) is 42.6.